The molecule has 0 atom stereocenters. The number of carbonyl (C=O) groups excluding carboxylic acids is 5. The Morgan fingerprint density at radius 2 is 1.15 bits per heavy atom. The van der Waals surface area contributed by atoms with Crippen molar-refractivity contribution in [1.29, 1.82) is 10.5 Å². The van der Waals surface area contributed by atoms with Crippen LogP contribution in [-0.4, -0.2) is 56.3 Å². The Labute approximate surface area is 361 Å². The molecule has 0 unspecified atom stereocenters. The number of unbranched alkanes of at least 4 members (excludes halogenated alkanes) is 4. The number of ether oxygens (including phenoxy) is 6. The first kappa shape index (κ1) is 49.3. The molecule has 3 rings (SSSR count). The maximum absolute atomic E-state index is 16.0. The lowest BCUT2D eigenvalue weighted by Crippen LogP contribution is -2.44. The molecule has 0 fully saturated rings. The van der Waals surface area contributed by atoms with Gasteiger partial charge in [-0.1, -0.05) is 76.6 Å². The fourth-order valence-electron chi connectivity index (χ4n) is 5.66. The van der Waals surface area contributed by atoms with E-state index in [0.29, 0.717) is 12.0 Å². The molecule has 0 N–H and O–H groups in total. The van der Waals surface area contributed by atoms with E-state index in [0.717, 1.165) is 37.7 Å². The normalized spacial score (nSPS) is 10.6. The molecule has 0 aliphatic heterocycles. The van der Waals surface area contributed by atoms with E-state index in [1.807, 2.05) is 0 Å². The molecule has 0 aliphatic carbocycles. The fourth-order valence-corrected chi connectivity index (χ4v) is 5.66. The molecule has 0 aliphatic rings. The van der Waals surface area contributed by atoms with Crippen LogP contribution >= 0.6 is 0 Å². The molecule has 3 aromatic carbocycles. The summed E-state index contributed by atoms with van der Waals surface area (Å²) in [6, 6.07) is 17.3. The van der Waals surface area contributed by atoms with Gasteiger partial charge in [0.25, 0.3) is 0 Å². The van der Waals surface area contributed by atoms with E-state index in [-0.39, 0.29) is 57.3 Å². The lowest BCUT2D eigenvalue weighted by molar-refractivity contribution is -0.162. The highest BCUT2D eigenvalue weighted by atomic mass is 19.1. The predicted octanol–water partition coefficient (Wildman–Crippen LogP) is 9.03. The van der Waals surface area contributed by atoms with Crippen LogP contribution in [0.25, 0.3) is 22.3 Å². The van der Waals surface area contributed by atoms with Crippen LogP contribution in [0, 0.1) is 33.9 Å². The zero-order valence-corrected chi connectivity index (χ0v) is 35.6. The number of hydrogen-bond acceptors (Lipinski definition) is 13. The third-order valence-corrected chi connectivity index (χ3v) is 9.17. The number of nitriles is 2. The second-order valence-corrected chi connectivity index (χ2v) is 14.8. The predicted molar refractivity (Wildman–Crippen MR) is 227 cm³/mol. The summed E-state index contributed by atoms with van der Waals surface area (Å²) >= 11 is 0. The molecule has 14 heteroatoms. The molecule has 0 aromatic heterocycles. The minimum atomic E-state index is -1.52. The van der Waals surface area contributed by atoms with Gasteiger partial charge in [0.15, 0.2) is 0 Å². The average Bonchev–Trinajstić information content (AvgIpc) is 3.23. The van der Waals surface area contributed by atoms with Crippen LogP contribution in [0.15, 0.2) is 91.1 Å². The Balaban J connectivity index is 2.09. The van der Waals surface area contributed by atoms with Crippen molar-refractivity contribution < 1.29 is 56.8 Å². The standard InChI is InChI=1S/C48H51FN2O11/c1-8-9-10-11-12-13-34-14-19-37(40(49)24-34)39-26-41(61-46(55)32(4)5)38(25-42(39)62-47(56)33(6)7)35-15-17-36(18-16-35)57-27-48(28-58-43(52)20-22-50,29-59-44(53)21-23-51)30-60-45(54)31(2)3/h14-19,24-26H,2,4,6,8-13,20-21,27-30H2,1,3,5,7H3. The number of hydrogen-bond donors (Lipinski definition) is 0. The molecule has 0 saturated heterocycles. The van der Waals surface area contributed by atoms with Gasteiger partial charge < -0.3 is 28.4 Å². The molecule has 0 amide bonds. The smallest absolute Gasteiger partial charge is 0.338 e. The van der Waals surface area contributed by atoms with Gasteiger partial charge in [0, 0.05) is 33.4 Å². The van der Waals surface area contributed by atoms with Crippen molar-refractivity contribution in [1.82, 2.24) is 0 Å². The highest BCUT2D eigenvalue weighted by molar-refractivity contribution is 5.94. The Kier molecular flexibility index (Phi) is 19.3. The van der Waals surface area contributed by atoms with Crippen LogP contribution < -0.4 is 14.2 Å². The van der Waals surface area contributed by atoms with Gasteiger partial charge in [-0.25, -0.2) is 18.8 Å². The lowest BCUT2D eigenvalue weighted by Gasteiger charge is -2.32. The highest BCUT2D eigenvalue weighted by Crippen LogP contribution is 2.43. The first-order valence-corrected chi connectivity index (χ1v) is 19.9. The fraction of sp³-hybridized carbons (Fsp3) is 0.354. The molecule has 62 heavy (non-hydrogen) atoms. The van der Waals surface area contributed by atoms with Crippen LogP contribution in [0.2, 0.25) is 0 Å². The molecule has 326 valence electrons. The van der Waals surface area contributed by atoms with Crippen LogP contribution in [0.5, 0.6) is 17.2 Å². The molecular weight excluding hydrogens is 800 g/mol. The van der Waals surface area contributed by atoms with Crippen LogP contribution in [-0.2, 0) is 44.6 Å². The summed E-state index contributed by atoms with van der Waals surface area (Å²) in [7, 11) is 0. The zero-order chi connectivity index (χ0) is 45.8. The van der Waals surface area contributed by atoms with Gasteiger partial charge in [-0.3, -0.25) is 9.59 Å². The number of halogens is 1. The summed E-state index contributed by atoms with van der Waals surface area (Å²) in [5.41, 5.74) is 0.434. The van der Waals surface area contributed by atoms with Gasteiger partial charge in [0.05, 0.1) is 12.1 Å². The number of aryl methyl sites for hydroxylation is 1. The number of carbonyl (C=O) groups is 5. The molecule has 0 heterocycles. The molecule has 0 bridgehead atoms. The van der Waals surface area contributed by atoms with E-state index in [9.17, 15) is 24.0 Å². The van der Waals surface area contributed by atoms with Gasteiger partial charge in [-0.15, -0.1) is 0 Å². The monoisotopic (exact) mass is 850 g/mol. The van der Waals surface area contributed by atoms with E-state index in [4.69, 9.17) is 38.9 Å². The maximum Gasteiger partial charge on any atom is 0.338 e. The van der Waals surface area contributed by atoms with E-state index >= 15 is 4.39 Å². The van der Waals surface area contributed by atoms with Gasteiger partial charge in [0.1, 0.15) is 67.7 Å². The zero-order valence-electron chi connectivity index (χ0n) is 35.6. The topological polar surface area (TPSA) is 188 Å². The van der Waals surface area contributed by atoms with Gasteiger partial charge >= 0.3 is 29.8 Å². The average molecular weight is 851 g/mol. The molecule has 3 aromatic rings. The van der Waals surface area contributed by atoms with E-state index in [1.54, 1.807) is 36.4 Å². The van der Waals surface area contributed by atoms with Crippen molar-refractivity contribution in [3.8, 4) is 51.6 Å². The van der Waals surface area contributed by atoms with Crippen LogP contribution in [0.4, 0.5) is 4.39 Å². The minimum absolute atomic E-state index is 0.00657. The summed E-state index contributed by atoms with van der Waals surface area (Å²) in [6.45, 7) is 15.5. The second kappa shape index (κ2) is 24.3. The maximum atomic E-state index is 16.0. The Hall–Kier alpha value is -7.06. The summed E-state index contributed by atoms with van der Waals surface area (Å²) in [4.78, 5) is 62.7. The number of nitrogens with zero attached hydrogens (tertiary/aromatic N) is 2. The summed E-state index contributed by atoms with van der Waals surface area (Å²) in [6.07, 6.45) is 4.80. The Morgan fingerprint density at radius 3 is 1.66 bits per heavy atom. The lowest BCUT2D eigenvalue weighted by atomic mass is 9.92. The van der Waals surface area contributed by atoms with Crippen molar-refractivity contribution in [2.75, 3.05) is 26.4 Å². The van der Waals surface area contributed by atoms with Crippen molar-refractivity contribution in [3.63, 3.8) is 0 Å². The van der Waals surface area contributed by atoms with Crippen molar-refractivity contribution in [2.45, 2.75) is 79.1 Å². The first-order chi connectivity index (χ1) is 29.5. The quantitative estimate of drug-likeness (QED) is 0.0273. The van der Waals surface area contributed by atoms with Crippen LogP contribution in [0.3, 0.4) is 0 Å². The van der Waals surface area contributed by atoms with Gasteiger partial charge in [0.2, 0.25) is 0 Å². The van der Waals surface area contributed by atoms with Crippen molar-refractivity contribution in [2.24, 2.45) is 5.41 Å². The number of benzene rings is 3. The van der Waals surface area contributed by atoms with Gasteiger partial charge in [-0.2, -0.15) is 10.5 Å². The summed E-state index contributed by atoms with van der Waals surface area (Å²) < 4.78 is 49.5. The van der Waals surface area contributed by atoms with Crippen LogP contribution in [0.1, 0.15) is 78.2 Å². The summed E-state index contributed by atoms with van der Waals surface area (Å²) in [5, 5.41) is 17.9. The van der Waals surface area contributed by atoms with Gasteiger partial charge in [-0.05, 0) is 75.1 Å². The highest BCUT2D eigenvalue weighted by Gasteiger charge is 2.37. The minimum Gasteiger partial charge on any atom is -0.493 e. The number of rotatable bonds is 24. The second-order valence-electron chi connectivity index (χ2n) is 14.8. The molecule has 0 spiro atoms. The largest absolute Gasteiger partial charge is 0.493 e. The molecule has 0 saturated carbocycles. The Bertz CT molecular complexity index is 2220. The van der Waals surface area contributed by atoms with E-state index in [1.165, 1.54) is 51.1 Å². The molecule has 0 radical (unpaired) electrons. The van der Waals surface area contributed by atoms with Crippen molar-refractivity contribution >= 4 is 29.8 Å². The van der Waals surface area contributed by atoms with Crippen molar-refractivity contribution in [3.05, 3.63) is 102 Å². The van der Waals surface area contributed by atoms with E-state index < -0.39 is 73.7 Å². The molecular formula is C48H51FN2O11. The van der Waals surface area contributed by atoms with E-state index in [2.05, 4.69) is 26.7 Å². The number of esters is 5. The first-order valence-electron chi connectivity index (χ1n) is 19.9. The third kappa shape index (κ3) is 15.2. The molecule has 13 nitrogen and oxygen atoms in total. The summed E-state index contributed by atoms with van der Waals surface area (Å²) in [5.74, 6) is -4.52. The SMILES string of the molecule is C=C(C)C(=O)OCC(COC(=O)CC#N)(COC(=O)CC#N)COc1ccc(-c2cc(OC(=O)C(=C)C)c(-c3ccc(CCCCCCC)cc3F)cc2OC(=O)C(=C)C)cc1. The third-order valence-electron chi connectivity index (χ3n) is 9.17. The Morgan fingerprint density at radius 1 is 0.629 bits per heavy atom.